The highest BCUT2D eigenvalue weighted by Crippen LogP contribution is 2.28. The Labute approximate surface area is 252 Å². The first kappa shape index (κ1) is 34.0. The second kappa shape index (κ2) is 15.7. The normalized spacial score (nSPS) is 9.60. The smallest absolute Gasteiger partial charge is 0.449 e. The van der Waals surface area contributed by atoms with Gasteiger partial charge >= 0.3 is 24.4 Å². The van der Waals surface area contributed by atoms with E-state index in [9.17, 15) is 24.0 Å². The molecule has 0 radical (unpaired) electrons. The number of rotatable bonds is 7. The van der Waals surface area contributed by atoms with Gasteiger partial charge in [0.2, 0.25) is 0 Å². The molecule has 0 aromatic heterocycles. The molecule has 0 atom stereocenters. The summed E-state index contributed by atoms with van der Waals surface area (Å²) < 4.78 is 12.0. The highest BCUT2D eigenvalue weighted by Gasteiger charge is 2.16. The maximum absolute atomic E-state index is 12.8. The number of amidine groups is 1. The number of nitrogens with zero attached hydrogens (tertiary/aromatic N) is 2. The Bertz CT molecular complexity index is 1650. The van der Waals surface area contributed by atoms with Crippen molar-refractivity contribution in [2.45, 2.75) is 0 Å². The zero-order chi connectivity index (χ0) is 33.7. The number of nitrogen functional groups attached to an aromatic ring is 1. The van der Waals surface area contributed by atoms with Crippen molar-refractivity contribution in [2.24, 2.45) is 38.7 Å². The van der Waals surface area contributed by atoms with Crippen LogP contribution >= 0.6 is 0 Å². The number of aliphatic imine (C=N–C) groups is 2. The fourth-order valence-corrected chi connectivity index (χ4v) is 3.06. The molecule has 19 nitrogen and oxygen atoms in total. The lowest BCUT2D eigenvalue weighted by molar-refractivity contribution is 0.0546. The quantitative estimate of drug-likeness (QED) is 0.0594. The fraction of sp³-hybridized carbons (Fsp3) is 0. The van der Waals surface area contributed by atoms with Crippen LogP contribution in [0.2, 0.25) is 0 Å². The van der Waals surface area contributed by atoms with E-state index in [1.807, 2.05) is 0 Å². The van der Waals surface area contributed by atoms with Crippen molar-refractivity contribution < 1.29 is 48.4 Å². The number of benzene rings is 3. The van der Waals surface area contributed by atoms with Crippen molar-refractivity contribution in [3.8, 4) is 5.75 Å². The van der Waals surface area contributed by atoms with Gasteiger partial charge in [0.1, 0.15) is 5.84 Å². The van der Waals surface area contributed by atoms with E-state index >= 15 is 0 Å². The summed E-state index contributed by atoms with van der Waals surface area (Å²) >= 11 is 0. The Hall–Kier alpha value is -7.18. The maximum Gasteiger partial charge on any atom is 0.528 e. The molecule has 234 valence electrons. The minimum atomic E-state index is -1.92. The van der Waals surface area contributed by atoms with E-state index in [1.54, 1.807) is 24.3 Å². The lowest BCUT2D eigenvalue weighted by Gasteiger charge is -2.13. The monoisotopic (exact) mass is 623 g/mol. The first-order valence-electron chi connectivity index (χ1n) is 11.9. The molecule has 0 aliphatic heterocycles. The number of guanidine groups is 2. The summed E-state index contributed by atoms with van der Waals surface area (Å²) in [4.78, 5) is 62.1. The van der Waals surface area contributed by atoms with Crippen molar-refractivity contribution in [1.82, 2.24) is 0 Å². The average molecular weight is 624 g/mol. The number of nitrogens with two attached hydrogens (primary N) is 5. The van der Waals surface area contributed by atoms with Gasteiger partial charge in [0, 0.05) is 11.1 Å². The molecule has 0 unspecified atom stereocenters. The van der Waals surface area contributed by atoms with Crippen molar-refractivity contribution in [3.05, 3.63) is 83.4 Å². The van der Waals surface area contributed by atoms with Crippen LogP contribution in [0.4, 0.5) is 31.4 Å². The number of ether oxygens (including phenoxy) is 3. The van der Waals surface area contributed by atoms with Crippen molar-refractivity contribution >= 4 is 65.2 Å². The van der Waals surface area contributed by atoms with Crippen LogP contribution in [0.3, 0.4) is 0 Å². The van der Waals surface area contributed by atoms with Gasteiger partial charge in [-0.25, -0.2) is 29.2 Å². The average Bonchev–Trinajstić information content (AvgIpc) is 2.93. The van der Waals surface area contributed by atoms with Crippen LogP contribution in [0.15, 0.2) is 76.7 Å². The summed E-state index contributed by atoms with van der Waals surface area (Å²) in [7, 11) is 0. The van der Waals surface area contributed by atoms with Crippen LogP contribution in [0, 0.1) is 5.41 Å². The summed E-state index contributed by atoms with van der Waals surface area (Å²) in [5.74, 6) is -1.58. The van der Waals surface area contributed by atoms with Crippen LogP contribution in [0.25, 0.3) is 0 Å². The Morgan fingerprint density at radius 3 is 1.53 bits per heavy atom. The first-order chi connectivity index (χ1) is 21.1. The van der Waals surface area contributed by atoms with E-state index < -0.39 is 30.3 Å². The second-order valence-corrected chi connectivity index (χ2v) is 8.12. The predicted octanol–water partition coefficient (Wildman–Crippen LogP) is 1.75. The summed E-state index contributed by atoms with van der Waals surface area (Å²) in [5.41, 5.74) is 28.9. The molecule has 0 saturated heterocycles. The molecular formula is C26H25N9O10. The van der Waals surface area contributed by atoms with E-state index in [4.69, 9.17) is 49.0 Å². The van der Waals surface area contributed by atoms with Gasteiger partial charge in [-0.05, 0) is 66.7 Å². The molecule has 3 rings (SSSR count). The summed E-state index contributed by atoms with van der Waals surface area (Å²) in [6.45, 7) is 0. The third-order valence-corrected chi connectivity index (χ3v) is 4.83. The van der Waals surface area contributed by atoms with Crippen LogP contribution in [0.1, 0.15) is 26.3 Å². The molecule has 0 heterocycles. The van der Waals surface area contributed by atoms with Gasteiger partial charge in [0.25, 0.3) is 5.91 Å². The second-order valence-electron chi connectivity index (χ2n) is 8.12. The Kier molecular flexibility index (Phi) is 11.9. The Morgan fingerprint density at radius 2 is 1.11 bits per heavy atom. The molecule has 3 aromatic carbocycles. The summed E-state index contributed by atoms with van der Waals surface area (Å²) in [6.07, 6.45) is -5.64. The number of hydrogen-bond acceptors (Lipinski definition) is 11. The molecule has 0 fully saturated rings. The van der Waals surface area contributed by atoms with Gasteiger partial charge in [-0.1, -0.05) is 0 Å². The number of carboxylic acid groups (broad SMARTS) is 2. The van der Waals surface area contributed by atoms with Crippen molar-refractivity contribution in [2.75, 3.05) is 5.32 Å². The number of hydrogen-bond donors (Lipinski definition) is 9. The number of carbonyl (C=O) groups is 5. The molecule has 3 aromatic rings. The van der Waals surface area contributed by atoms with Gasteiger partial charge < -0.3 is 58.4 Å². The SMILES string of the molecule is N=C(N)c1ccc(OC(=O)c2ccc(N=C(N)N)cc2)c(NC(=O)c2ccc(N=C(N)N)cc2)c1.O=C(O)OC(=O)OC(=O)O. The van der Waals surface area contributed by atoms with Crippen LogP contribution in [-0.4, -0.2) is 58.3 Å². The third-order valence-electron chi connectivity index (χ3n) is 4.83. The number of carbonyl (C=O) groups excluding carboxylic acids is 3. The van der Waals surface area contributed by atoms with Crippen LogP contribution in [0.5, 0.6) is 5.75 Å². The van der Waals surface area contributed by atoms with E-state index in [2.05, 4.69) is 24.8 Å². The number of anilines is 1. The molecular weight excluding hydrogens is 598 g/mol. The van der Waals surface area contributed by atoms with E-state index in [0.717, 1.165) is 0 Å². The maximum atomic E-state index is 12.8. The summed E-state index contributed by atoms with van der Waals surface area (Å²) in [6, 6.07) is 16.6. The molecule has 0 spiro atoms. The molecule has 0 aliphatic carbocycles. The number of nitrogens with one attached hydrogen (secondary N) is 2. The standard InChI is InChI=1S/C23H23N9O3.C3H2O7/c24-19(25)14-5-10-18(35-21(34)13-3-8-16(9-4-13)31-23(28)29)17(11-14)32-20(33)12-1-6-15(7-2-12)30-22(26)27;4-1(5)9-3(8)10-2(6)7/h1-11H,(H3,24,25)(H,32,33)(H4,26,27,30)(H4,28,29,31);(H,4,5)(H,6,7). The molecule has 45 heavy (non-hydrogen) atoms. The zero-order valence-electron chi connectivity index (χ0n) is 22.8. The Balaban J connectivity index is 0.000000607. The minimum absolute atomic E-state index is 0.0544. The minimum Gasteiger partial charge on any atom is -0.449 e. The van der Waals surface area contributed by atoms with Gasteiger partial charge in [0.15, 0.2) is 17.7 Å². The topological polar surface area (TPSA) is 344 Å². The Morgan fingerprint density at radius 1 is 0.667 bits per heavy atom. The molecule has 0 bridgehead atoms. The lowest BCUT2D eigenvalue weighted by atomic mass is 10.1. The first-order valence-corrected chi connectivity index (χ1v) is 11.9. The van der Waals surface area contributed by atoms with E-state index in [-0.39, 0.29) is 34.8 Å². The van der Waals surface area contributed by atoms with Crippen molar-refractivity contribution in [1.29, 1.82) is 5.41 Å². The largest absolute Gasteiger partial charge is 0.528 e. The molecule has 19 heteroatoms. The van der Waals surface area contributed by atoms with Gasteiger partial charge in [-0.3, -0.25) is 10.2 Å². The highest BCUT2D eigenvalue weighted by atomic mass is 16.8. The fourth-order valence-electron chi connectivity index (χ4n) is 3.06. The molecule has 14 N–H and O–H groups in total. The molecule has 1 amide bonds. The van der Waals surface area contributed by atoms with Crippen molar-refractivity contribution in [3.63, 3.8) is 0 Å². The zero-order valence-corrected chi connectivity index (χ0v) is 22.8. The van der Waals surface area contributed by atoms with E-state index in [1.165, 1.54) is 42.5 Å². The number of esters is 1. The van der Waals surface area contributed by atoms with Gasteiger partial charge in [0.05, 0.1) is 22.6 Å². The lowest BCUT2D eigenvalue weighted by Crippen LogP contribution is -2.21. The molecule has 0 aliphatic rings. The van der Waals surface area contributed by atoms with E-state index in [0.29, 0.717) is 22.5 Å². The number of amides is 1. The summed E-state index contributed by atoms with van der Waals surface area (Å²) in [5, 5.41) is 25.7. The van der Waals surface area contributed by atoms with Gasteiger partial charge in [-0.2, -0.15) is 0 Å². The van der Waals surface area contributed by atoms with Crippen LogP contribution < -0.4 is 38.7 Å². The third kappa shape index (κ3) is 11.7. The van der Waals surface area contributed by atoms with Gasteiger partial charge in [-0.15, -0.1) is 0 Å². The highest BCUT2D eigenvalue weighted by molar-refractivity contribution is 6.07. The van der Waals surface area contributed by atoms with Crippen LogP contribution in [-0.2, 0) is 9.47 Å². The predicted molar refractivity (Wildman–Crippen MR) is 158 cm³/mol. The molecule has 0 saturated carbocycles.